The normalized spacial score (nSPS) is 17.9. The van der Waals surface area contributed by atoms with Crippen LogP contribution in [0.3, 0.4) is 0 Å². The summed E-state index contributed by atoms with van der Waals surface area (Å²) < 4.78 is 0. The fourth-order valence-corrected chi connectivity index (χ4v) is 2.44. The Morgan fingerprint density at radius 3 is 2.63 bits per heavy atom. The van der Waals surface area contributed by atoms with Gasteiger partial charge >= 0.3 is 0 Å². The van der Waals surface area contributed by atoms with Crippen molar-refractivity contribution in [1.29, 1.82) is 0 Å². The molecule has 0 saturated carbocycles. The standard InChI is InChI=1S/C16H21NO2/c1-11(2)15(18)10-17-16(19)14-8-7-12-5-3-4-6-13(12)9-14/h3-6,11,14H,7-10H2,1-2H3,(H,17,19). The molecule has 0 bridgehead atoms. The Morgan fingerprint density at radius 1 is 1.26 bits per heavy atom. The smallest absolute Gasteiger partial charge is 0.223 e. The topological polar surface area (TPSA) is 46.2 Å². The zero-order chi connectivity index (χ0) is 13.8. The number of fused-ring (bicyclic) bond motifs is 1. The summed E-state index contributed by atoms with van der Waals surface area (Å²) >= 11 is 0. The quantitative estimate of drug-likeness (QED) is 0.900. The molecular formula is C16H21NO2. The molecule has 1 aliphatic carbocycles. The van der Waals surface area contributed by atoms with Crippen LogP contribution < -0.4 is 5.32 Å². The lowest BCUT2D eigenvalue weighted by Crippen LogP contribution is -2.38. The summed E-state index contributed by atoms with van der Waals surface area (Å²) in [6.07, 6.45) is 2.61. The molecule has 1 amide bonds. The first-order valence-electron chi connectivity index (χ1n) is 6.95. The molecule has 1 atom stereocenters. The first-order valence-corrected chi connectivity index (χ1v) is 6.95. The van der Waals surface area contributed by atoms with Gasteiger partial charge in [-0.3, -0.25) is 9.59 Å². The summed E-state index contributed by atoms with van der Waals surface area (Å²) in [7, 11) is 0. The zero-order valence-electron chi connectivity index (χ0n) is 11.6. The van der Waals surface area contributed by atoms with Gasteiger partial charge in [-0.05, 0) is 30.4 Å². The van der Waals surface area contributed by atoms with Crippen LogP contribution in [0.15, 0.2) is 24.3 Å². The Labute approximate surface area is 114 Å². The van der Waals surface area contributed by atoms with Crippen molar-refractivity contribution in [3.8, 4) is 0 Å². The van der Waals surface area contributed by atoms with Crippen molar-refractivity contribution in [3.63, 3.8) is 0 Å². The van der Waals surface area contributed by atoms with Crippen LogP contribution in [0.2, 0.25) is 0 Å². The lowest BCUT2D eigenvalue weighted by atomic mass is 9.83. The van der Waals surface area contributed by atoms with Crippen LogP contribution in [0.4, 0.5) is 0 Å². The maximum Gasteiger partial charge on any atom is 0.223 e. The van der Waals surface area contributed by atoms with Crippen LogP contribution in [0.25, 0.3) is 0 Å². The average Bonchev–Trinajstić information content (AvgIpc) is 2.43. The highest BCUT2D eigenvalue weighted by Gasteiger charge is 2.24. The highest BCUT2D eigenvalue weighted by Crippen LogP contribution is 2.25. The number of rotatable bonds is 4. The van der Waals surface area contributed by atoms with E-state index in [1.54, 1.807) is 0 Å². The molecule has 3 nitrogen and oxygen atoms in total. The molecule has 1 unspecified atom stereocenters. The molecule has 0 radical (unpaired) electrons. The number of hydrogen-bond donors (Lipinski definition) is 1. The fraction of sp³-hybridized carbons (Fsp3) is 0.500. The molecule has 0 spiro atoms. The van der Waals surface area contributed by atoms with E-state index >= 15 is 0 Å². The second-order valence-corrected chi connectivity index (χ2v) is 5.55. The van der Waals surface area contributed by atoms with Crippen molar-refractivity contribution >= 4 is 11.7 Å². The number of carbonyl (C=O) groups excluding carboxylic acids is 2. The van der Waals surface area contributed by atoms with E-state index < -0.39 is 0 Å². The van der Waals surface area contributed by atoms with Crippen molar-refractivity contribution < 1.29 is 9.59 Å². The monoisotopic (exact) mass is 259 g/mol. The third-order valence-corrected chi connectivity index (χ3v) is 3.80. The molecule has 3 heteroatoms. The van der Waals surface area contributed by atoms with Crippen LogP contribution in [-0.4, -0.2) is 18.2 Å². The average molecular weight is 259 g/mol. The number of hydrogen-bond acceptors (Lipinski definition) is 2. The van der Waals surface area contributed by atoms with Crippen molar-refractivity contribution in [2.75, 3.05) is 6.54 Å². The maximum absolute atomic E-state index is 12.1. The molecule has 1 N–H and O–H groups in total. The van der Waals surface area contributed by atoms with Crippen molar-refractivity contribution in [2.24, 2.45) is 11.8 Å². The van der Waals surface area contributed by atoms with Crippen molar-refractivity contribution in [2.45, 2.75) is 33.1 Å². The Bertz CT molecular complexity index is 479. The third kappa shape index (κ3) is 3.43. The van der Waals surface area contributed by atoms with E-state index in [9.17, 15) is 9.59 Å². The molecule has 1 aliphatic rings. The van der Waals surface area contributed by atoms with Gasteiger partial charge in [-0.1, -0.05) is 38.1 Å². The molecule has 0 fully saturated rings. The van der Waals surface area contributed by atoms with Gasteiger partial charge in [0.1, 0.15) is 0 Å². The number of carbonyl (C=O) groups is 2. The minimum atomic E-state index is -0.0209. The Kier molecular flexibility index (Phi) is 4.35. The maximum atomic E-state index is 12.1. The number of benzene rings is 1. The van der Waals surface area contributed by atoms with Crippen LogP contribution in [0, 0.1) is 11.8 Å². The molecule has 0 saturated heterocycles. The van der Waals surface area contributed by atoms with Crippen LogP contribution in [0.5, 0.6) is 0 Å². The first-order chi connectivity index (χ1) is 9.08. The Morgan fingerprint density at radius 2 is 1.95 bits per heavy atom. The minimum Gasteiger partial charge on any atom is -0.349 e. The van der Waals surface area contributed by atoms with Crippen molar-refractivity contribution in [3.05, 3.63) is 35.4 Å². The van der Waals surface area contributed by atoms with Gasteiger partial charge in [-0.25, -0.2) is 0 Å². The number of Topliss-reactive ketones (excluding diaryl/α,β-unsaturated/α-hetero) is 1. The van der Waals surface area contributed by atoms with E-state index in [0.717, 1.165) is 19.3 Å². The van der Waals surface area contributed by atoms with E-state index in [0.29, 0.717) is 0 Å². The molecule has 102 valence electrons. The summed E-state index contributed by atoms with van der Waals surface area (Å²) in [5, 5.41) is 2.78. The van der Waals surface area contributed by atoms with Gasteiger partial charge < -0.3 is 5.32 Å². The van der Waals surface area contributed by atoms with Crippen molar-refractivity contribution in [1.82, 2.24) is 5.32 Å². The van der Waals surface area contributed by atoms with Gasteiger partial charge in [0.05, 0.1) is 6.54 Å². The minimum absolute atomic E-state index is 0.00913. The SMILES string of the molecule is CC(C)C(=O)CNC(=O)C1CCc2ccccc2C1. The predicted molar refractivity (Wildman–Crippen MR) is 74.8 cm³/mol. The van der Waals surface area contributed by atoms with E-state index in [1.165, 1.54) is 11.1 Å². The number of amides is 1. The van der Waals surface area contributed by atoms with Gasteiger partial charge in [0.2, 0.25) is 5.91 Å². The van der Waals surface area contributed by atoms with E-state index in [2.05, 4.69) is 17.4 Å². The Balaban J connectivity index is 1.90. The Hall–Kier alpha value is -1.64. The number of ketones is 1. The molecule has 1 aromatic carbocycles. The van der Waals surface area contributed by atoms with Crippen LogP contribution in [0.1, 0.15) is 31.4 Å². The largest absolute Gasteiger partial charge is 0.349 e. The molecular weight excluding hydrogens is 238 g/mol. The third-order valence-electron chi connectivity index (χ3n) is 3.80. The second-order valence-electron chi connectivity index (χ2n) is 5.55. The van der Waals surface area contributed by atoms with Gasteiger partial charge in [-0.2, -0.15) is 0 Å². The van der Waals surface area contributed by atoms with Gasteiger partial charge in [-0.15, -0.1) is 0 Å². The lowest BCUT2D eigenvalue weighted by Gasteiger charge is -2.23. The summed E-state index contributed by atoms with van der Waals surface area (Å²) in [6.45, 7) is 3.87. The van der Waals surface area contributed by atoms with Gasteiger partial charge in [0, 0.05) is 11.8 Å². The second kappa shape index (κ2) is 6.00. The number of nitrogens with one attached hydrogen (secondary N) is 1. The predicted octanol–water partition coefficient (Wildman–Crippen LogP) is 2.13. The molecule has 19 heavy (non-hydrogen) atoms. The summed E-state index contributed by atoms with van der Waals surface area (Å²) in [5.41, 5.74) is 2.62. The molecule has 1 aromatic rings. The van der Waals surface area contributed by atoms with E-state index in [1.807, 2.05) is 26.0 Å². The summed E-state index contributed by atoms with van der Waals surface area (Å²) in [6, 6.07) is 8.28. The van der Waals surface area contributed by atoms with Crippen LogP contribution >= 0.6 is 0 Å². The first kappa shape index (κ1) is 13.8. The highest BCUT2D eigenvalue weighted by molar-refractivity contribution is 5.88. The van der Waals surface area contributed by atoms with E-state index in [-0.39, 0.29) is 30.1 Å². The fourth-order valence-electron chi connectivity index (χ4n) is 2.44. The summed E-state index contributed by atoms with van der Waals surface area (Å²) in [4.78, 5) is 23.6. The van der Waals surface area contributed by atoms with Gasteiger partial charge in [0.15, 0.2) is 5.78 Å². The number of aryl methyl sites for hydroxylation is 1. The van der Waals surface area contributed by atoms with Crippen LogP contribution in [-0.2, 0) is 22.4 Å². The molecule has 0 aliphatic heterocycles. The van der Waals surface area contributed by atoms with Gasteiger partial charge in [0.25, 0.3) is 0 Å². The molecule has 0 aromatic heterocycles. The zero-order valence-corrected chi connectivity index (χ0v) is 11.6. The molecule has 2 rings (SSSR count). The summed E-state index contributed by atoms with van der Waals surface area (Å²) in [5.74, 6) is 0.0929. The van der Waals surface area contributed by atoms with E-state index in [4.69, 9.17) is 0 Å². The molecule has 0 heterocycles. The highest BCUT2D eigenvalue weighted by atomic mass is 16.2. The lowest BCUT2D eigenvalue weighted by molar-refractivity contribution is -0.129.